The predicted molar refractivity (Wildman–Crippen MR) is 76.4 cm³/mol. The highest BCUT2D eigenvalue weighted by molar-refractivity contribution is 7.17. The third-order valence-electron chi connectivity index (χ3n) is 4.13. The zero-order valence-corrected chi connectivity index (χ0v) is 11.3. The number of fused-ring (bicyclic) bond motifs is 1. The van der Waals surface area contributed by atoms with E-state index in [4.69, 9.17) is 0 Å². The second kappa shape index (κ2) is 4.48. The van der Waals surface area contributed by atoms with E-state index in [-0.39, 0.29) is 5.41 Å². The lowest BCUT2D eigenvalue weighted by Gasteiger charge is -2.25. The van der Waals surface area contributed by atoms with Crippen LogP contribution in [0.3, 0.4) is 0 Å². The molecule has 0 amide bonds. The summed E-state index contributed by atoms with van der Waals surface area (Å²) in [5.74, 6) is 0.322. The van der Waals surface area contributed by atoms with Crippen molar-refractivity contribution in [1.29, 1.82) is 0 Å². The Morgan fingerprint density at radius 3 is 3.06 bits per heavy atom. The molecule has 1 aromatic heterocycles. The van der Waals surface area contributed by atoms with Crippen LogP contribution in [-0.2, 0) is 0 Å². The number of hydrogen-bond acceptors (Lipinski definition) is 3. The molecule has 1 aliphatic heterocycles. The molecule has 2 nitrogen and oxygen atoms in total. The Hall–Kier alpha value is -1.19. The molecule has 0 saturated carbocycles. The second-order valence-electron chi connectivity index (χ2n) is 5.03. The van der Waals surface area contributed by atoms with Crippen LogP contribution in [-0.4, -0.2) is 18.9 Å². The fourth-order valence-electron chi connectivity index (χ4n) is 2.86. The summed E-state index contributed by atoms with van der Waals surface area (Å²) in [5, 5.41) is 6.59. The van der Waals surface area contributed by atoms with Crippen LogP contribution >= 0.6 is 11.3 Å². The number of thiophene rings is 1. The van der Waals surface area contributed by atoms with Gasteiger partial charge in [-0.15, -0.1) is 11.3 Å². The van der Waals surface area contributed by atoms with Gasteiger partial charge in [0.1, 0.15) is 0 Å². The number of ketones is 1. The minimum Gasteiger partial charge on any atom is -0.316 e. The van der Waals surface area contributed by atoms with Gasteiger partial charge in [-0.25, -0.2) is 0 Å². The van der Waals surface area contributed by atoms with Crippen molar-refractivity contribution in [3.63, 3.8) is 0 Å². The van der Waals surface area contributed by atoms with E-state index in [0.29, 0.717) is 5.78 Å². The van der Waals surface area contributed by atoms with E-state index in [1.807, 2.05) is 12.1 Å². The summed E-state index contributed by atoms with van der Waals surface area (Å²) in [6, 6.07) is 8.14. The van der Waals surface area contributed by atoms with Crippen molar-refractivity contribution in [2.45, 2.75) is 19.8 Å². The maximum atomic E-state index is 12.9. The summed E-state index contributed by atoms with van der Waals surface area (Å²) in [5.41, 5.74) is 0.728. The minimum atomic E-state index is -0.182. The van der Waals surface area contributed by atoms with E-state index < -0.39 is 0 Å². The number of benzene rings is 1. The number of carbonyl (C=O) groups is 1. The molecule has 1 aromatic carbocycles. The molecule has 1 aliphatic rings. The quantitative estimate of drug-likeness (QED) is 0.855. The summed E-state index contributed by atoms with van der Waals surface area (Å²) in [6.45, 7) is 3.91. The standard InChI is InChI=1S/C15H17NOS/c1-2-15(7-8-16-10-15)14(17)12-5-3-4-11-6-9-18-13(11)12/h3-6,9,16H,2,7-8,10H2,1H3. The minimum absolute atomic E-state index is 0.182. The fourth-order valence-corrected chi connectivity index (χ4v) is 3.77. The Labute approximate surface area is 111 Å². The molecule has 2 heterocycles. The van der Waals surface area contributed by atoms with Crippen LogP contribution in [0.25, 0.3) is 10.1 Å². The molecule has 1 fully saturated rings. The maximum Gasteiger partial charge on any atom is 0.171 e. The lowest BCUT2D eigenvalue weighted by molar-refractivity contribution is 0.0812. The predicted octanol–water partition coefficient (Wildman–Crippen LogP) is 3.47. The first kappa shape index (κ1) is 11.9. The highest BCUT2D eigenvalue weighted by Crippen LogP contribution is 2.36. The smallest absolute Gasteiger partial charge is 0.171 e. The first-order valence-corrected chi connectivity index (χ1v) is 7.36. The first-order chi connectivity index (χ1) is 8.77. The number of nitrogens with one attached hydrogen (secondary N) is 1. The third kappa shape index (κ3) is 1.70. The highest BCUT2D eigenvalue weighted by atomic mass is 32.1. The third-order valence-corrected chi connectivity index (χ3v) is 5.09. The molecule has 3 rings (SSSR count). The van der Waals surface area contributed by atoms with Crippen molar-refractivity contribution in [3.8, 4) is 0 Å². The summed E-state index contributed by atoms with van der Waals surface area (Å²) < 4.78 is 1.14. The van der Waals surface area contributed by atoms with Crippen molar-refractivity contribution in [3.05, 3.63) is 35.2 Å². The monoisotopic (exact) mass is 259 g/mol. The topological polar surface area (TPSA) is 29.1 Å². The molecule has 2 aromatic rings. The molecule has 1 atom stereocenters. The zero-order chi connectivity index (χ0) is 12.6. The number of carbonyl (C=O) groups excluding carboxylic acids is 1. The molecule has 1 saturated heterocycles. The van der Waals surface area contributed by atoms with Gasteiger partial charge in [0.05, 0.1) is 0 Å². The van der Waals surface area contributed by atoms with Gasteiger partial charge in [0.2, 0.25) is 0 Å². The van der Waals surface area contributed by atoms with Gasteiger partial charge < -0.3 is 5.32 Å². The van der Waals surface area contributed by atoms with Crippen LogP contribution in [0.1, 0.15) is 30.1 Å². The van der Waals surface area contributed by atoms with Crippen LogP contribution in [0.2, 0.25) is 0 Å². The molecule has 0 spiro atoms. The van der Waals surface area contributed by atoms with E-state index in [1.54, 1.807) is 11.3 Å². The van der Waals surface area contributed by atoms with Crippen molar-refractivity contribution in [1.82, 2.24) is 5.32 Å². The molecule has 0 aliphatic carbocycles. The van der Waals surface area contributed by atoms with Gasteiger partial charge in [-0.2, -0.15) is 0 Å². The molecule has 94 valence electrons. The van der Waals surface area contributed by atoms with Gasteiger partial charge in [-0.05, 0) is 42.3 Å². The van der Waals surface area contributed by atoms with Crippen molar-refractivity contribution >= 4 is 27.2 Å². The van der Waals surface area contributed by atoms with E-state index in [1.165, 1.54) is 5.39 Å². The van der Waals surface area contributed by atoms with E-state index in [0.717, 1.165) is 36.2 Å². The normalized spacial score (nSPS) is 23.6. The van der Waals surface area contributed by atoms with Gasteiger partial charge in [0.25, 0.3) is 0 Å². The SMILES string of the molecule is CCC1(C(=O)c2cccc3ccsc23)CCNC1. The average Bonchev–Trinajstić information content (AvgIpc) is 3.06. The van der Waals surface area contributed by atoms with E-state index in [2.05, 4.69) is 29.8 Å². The Morgan fingerprint density at radius 2 is 2.33 bits per heavy atom. The molecular weight excluding hydrogens is 242 g/mol. The van der Waals surface area contributed by atoms with Gasteiger partial charge in [-0.3, -0.25) is 4.79 Å². The highest BCUT2D eigenvalue weighted by Gasteiger charge is 2.40. The van der Waals surface area contributed by atoms with Crippen LogP contribution in [0.5, 0.6) is 0 Å². The lowest BCUT2D eigenvalue weighted by Crippen LogP contribution is -2.33. The van der Waals surface area contributed by atoms with Crippen molar-refractivity contribution < 1.29 is 4.79 Å². The van der Waals surface area contributed by atoms with E-state index in [9.17, 15) is 4.79 Å². The lowest BCUT2D eigenvalue weighted by atomic mass is 9.77. The Morgan fingerprint density at radius 1 is 1.44 bits per heavy atom. The van der Waals surface area contributed by atoms with Gasteiger partial charge >= 0.3 is 0 Å². The molecule has 0 radical (unpaired) electrons. The molecule has 1 unspecified atom stereocenters. The van der Waals surface area contributed by atoms with Gasteiger partial charge in [0.15, 0.2) is 5.78 Å². The summed E-state index contributed by atoms with van der Waals surface area (Å²) in [4.78, 5) is 12.9. The molecule has 3 heteroatoms. The van der Waals surface area contributed by atoms with Crippen LogP contribution in [0.4, 0.5) is 0 Å². The Kier molecular flexibility index (Phi) is 2.96. The largest absolute Gasteiger partial charge is 0.316 e. The van der Waals surface area contributed by atoms with Crippen molar-refractivity contribution in [2.24, 2.45) is 5.41 Å². The summed E-state index contributed by atoms with van der Waals surface area (Å²) >= 11 is 1.67. The number of hydrogen-bond donors (Lipinski definition) is 1. The maximum absolute atomic E-state index is 12.9. The number of rotatable bonds is 3. The fraction of sp³-hybridized carbons (Fsp3) is 0.400. The Bertz CT molecular complexity index is 581. The molecular formula is C15H17NOS. The molecule has 18 heavy (non-hydrogen) atoms. The Balaban J connectivity index is 2.09. The second-order valence-corrected chi connectivity index (χ2v) is 5.95. The zero-order valence-electron chi connectivity index (χ0n) is 10.5. The number of Topliss-reactive ketones (excluding diaryl/α,β-unsaturated/α-hetero) is 1. The summed E-state index contributed by atoms with van der Waals surface area (Å²) in [6.07, 6.45) is 1.88. The van der Waals surface area contributed by atoms with Gasteiger partial charge in [-0.1, -0.05) is 19.1 Å². The average molecular weight is 259 g/mol. The first-order valence-electron chi connectivity index (χ1n) is 6.48. The van der Waals surface area contributed by atoms with Crippen LogP contribution in [0.15, 0.2) is 29.6 Å². The molecule has 1 N–H and O–H groups in total. The van der Waals surface area contributed by atoms with Crippen LogP contribution < -0.4 is 5.32 Å². The van der Waals surface area contributed by atoms with Crippen molar-refractivity contribution in [2.75, 3.05) is 13.1 Å². The summed E-state index contributed by atoms with van der Waals surface area (Å²) in [7, 11) is 0. The van der Waals surface area contributed by atoms with E-state index >= 15 is 0 Å². The van der Waals surface area contributed by atoms with Crippen LogP contribution in [0, 0.1) is 5.41 Å². The molecule has 0 bridgehead atoms. The van der Waals surface area contributed by atoms with Gasteiger partial charge in [0, 0.05) is 22.2 Å².